The van der Waals surface area contributed by atoms with E-state index in [4.69, 9.17) is 0 Å². The molecule has 0 heterocycles. The van der Waals surface area contributed by atoms with E-state index in [1.54, 1.807) is 0 Å². The Bertz CT molecular complexity index is 308. The van der Waals surface area contributed by atoms with Crippen LogP contribution in [0.25, 0.3) is 0 Å². The molecule has 4 rings (SSSR count). The van der Waals surface area contributed by atoms with Crippen molar-refractivity contribution >= 4 is 0 Å². The maximum atomic E-state index is 9.74. The summed E-state index contributed by atoms with van der Waals surface area (Å²) in [6, 6.07) is 0. The van der Waals surface area contributed by atoms with Gasteiger partial charge in [0.1, 0.15) is 0 Å². The standard InChI is InChI=1S/C13H20O/c1-11-3-9-2-10-5-12(6-11,8-14)13(10,4-9)7-11/h9-10,14H,2-8H2,1H3. The molecule has 0 amide bonds. The van der Waals surface area contributed by atoms with Gasteiger partial charge in [-0.3, -0.25) is 0 Å². The predicted molar refractivity (Wildman–Crippen MR) is 54.7 cm³/mol. The number of aliphatic hydroxyl groups excluding tert-OH is 1. The zero-order valence-corrected chi connectivity index (χ0v) is 9.05. The molecule has 5 unspecified atom stereocenters. The van der Waals surface area contributed by atoms with Gasteiger partial charge < -0.3 is 5.11 Å². The van der Waals surface area contributed by atoms with Crippen molar-refractivity contribution in [2.45, 2.75) is 45.4 Å². The second-order valence-corrected chi connectivity index (χ2v) is 7.17. The number of fused-ring (bicyclic) bond motifs is 2. The maximum absolute atomic E-state index is 9.74. The Kier molecular flexibility index (Phi) is 1.13. The molecule has 4 aliphatic carbocycles. The molecule has 3 bridgehead atoms. The van der Waals surface area contributed by atoms with Crippen LogP contribution in [0.15, 0.2) is 0 Å². The minimum Gasteiger partial charge on any atom is -0.396 e. The van der Waals surface area contributed by atoms with Gasteiger partial charge in [-0.25, -0.2) is 0 Å². The van der Waals surface area contributed by atoms with Gasteiger partial charge in [0.05, 0.1) is 0 Å². The zero-order chi connectivity index (χ0) is 9.60. The highest BCUT2D eigenvalue weighted by Crippen LogP contribution is 2.83. The van der Waals surface area contributed by atoms with E-state index < -0.39 is 0 Å². The third kappa shape index (κ3) is 0.599. The van der Waals surface area contributed by atoms with E-state index >= 15 is 0 Å². The van der Waals surface area contributed by atoms with Crippen LogP contribution in [0.2, 0.25) is 0 Å². The Morgan fingerprint density at radius 3 is 2.86 bits per heavy atom. The molecule has 0 aliphatic heterocycles. The van der Waals surface area contributed by atoms with Crippen LogP contribution in [-0.2, 0) is 0 Å². The Balaban J connectivity index is 1.88. The summed E-state index contributed by atoms with van der Waals surface area (Å²) in [6.45, 7) is 2.96. The molecule has 5 atom stereocenters. The Morgan fingerprint density at radius 2 is 2.07 bits per heavy atom. The third-order valence-electron chi connectivity index (χ3n) is 6.34. The Morgan fingerprint density at radius 1 is 1.21 bits per heavy atom. The average molecular weight is 192 g/mol. The second kappa shape index (κ2) is 1.93. The first-order valence-electron chi connectivity index (χ1n) is 6.22. The fourth-order valence-corrected chi connectivity index (χ4v) is 6.43. The van der Waals surface area contributed by atoms with Crippen molar-refractivity contribution in [1.82, 2.24) is 0 Å². The molecular formula is C13H20O. The van der Waals surface area contributed by atoms with E-state index in [1.807, 2.05) is 0 Å². The van der Waals surface area contributed by atoms with Crippen LogP contribution in [0.1, 0.15) is 45.4 Å². The van der Waals surface area contributed by atoms with Crippen LogP contribution in [-0.4, -0.2) is 11.7 Å². The predicted octanol–water partition coefficient (Wildman–Crippen LogP) is 2.59. The van der Waals surface area contributed by atoms with Gasteiger partial charge in [-0.2, -0.15) is 0 Å². The summed E-state index contributed by atoms with van der Waals surface area (Å²) in [5.41, 5.74) is 1.62. The van der Waals surface area contributed by atoms with Gasteiger partial charge in [0.15, 0.2) is 0 Å². The van der Waals surface area contributed by atoms with Crippen molar-refractivity contribution in [3.05, 3.63) is 0 Å². The lowest BCUT2D eigenvalue weighted by Crippen LogP contribution is -2.54. The number of aliphatic hydroxyl groups is 1. The lowest BCUT2D eigenvalue weighted by molar-refractivity contribution is -0.129. The van der Waals surface area contributed by atoms with Gasteiger partial charge in [-0.1, -0.05) is 6.92 Å². The smallest absolute Gasteiger partial charge is 0.0493 e. The van der Waals surface area contributed by atoms with E-state index in [0.717, 1.165) is 11.8 Å². The minimum atomic E-state index is 0.387. The highest BCUT2D eigenvalue weighted by molar-refractivity contribution is 5.25. The van der Waals surface area contributed by atoms with Crippen molar-refractivity contribution in [3.63, 3.8) is 0 Å². The first kappa shape index (κ1) is 8.15. The van der Waals surface area contributed by atoms with Gasteiger partial charge in [-0.05, 0) is 61.2 Å². The monoisotopic (exact) mass is 192 g/mol. The van der Waals surface area contributed by atoms with Crippen molar-refractivity contribution in [2.24, 2.45) is 28.1 Å². The number of rotatable bonds is 1. The van der Waals surface area contributed by atoms with E-state index in [1.165, 1.54) is 38.5 Å². The SMILES string of the molecule is CC12CC3CC4CC(CO)(C1)C4(C3)C2. The summed E-state index contributed by atoms with van der Waals surface area (Å²) in [5, 5.41) is 9.74. The van der Waals surface area contributed by atoms with Crippen molar-refractivity contribution in [1.29, 1.82) is 0 Å². The molecule has 0 saturated heterocycles. The lowest BCUT2D eigenvalue weighted by atomic mass is 9.46. The van der Waals surface area contributed by atoms with Crippen LogP contribution in [0.4, 0.5) is 0 Å². The lowest BCUT2D eigenvalue weighted by Gasteiger charge is -2.58. The van der Waals surface area contributed by atoms with Crippen molar-refractivity contribution in [3.8, 4) is 0 Å². The maximum Gasteiger partial charge on any atom is 0.0493 e. The molecule has 1 nitrogen and oxygen atoms in total. The third-order valence-corrected chi connectivity index (χ3v) is 6.34. The van der Waals surface area contributed by atoms with E-state index in [9.17, 15) is 5.11 Å². The molecule has 1 N–H and O–H groups in total. The highest BCUT2D eigenvalue weighted by Gasteiger charge is 2.76. The van der Waals surface area contributed by atoms with Gasteiger partial charge in [0.2, 0.25) is 0 Å². The quantitative estimate of drug-likeness (QED) is 0.677. The summed E-state index contributed by atoms with van der Waals surface area (Å²) in [7, 11) is 0. The van der Waals surface area contributed by atoms with Crippen molar-refractivity contribution < 1.29 is 5.11 Å². The topological polar surface area (TPSA) is 20.2 Å². The molecule has 4 fully saturated rings. The van der Waals surface area contributed by atoms with Crippen LogP contribution >= 0.6 is 0 Å². The fourth-order valence-electron chi connectivity index (χ4n) is 6.43. The molecule has 78 valence electrons. The van der Waals surface area contributed by atoms with Gasteiger partial charge in [-0.15, -0.1) is 0 Å². The summed E-state index contributed by atoms with van der Waals surface area (Å²) in [6.07, 6.45) is 8.57. The van der Waals surface area contributed by atoms with E-state index in [2.05, 4.69) is 6.92 Å². The number of hydrogen-bond acceptors (Lipinski definition) is 1. The van der Waals surface area contributed by atoms with E-state index in [0.29, 0.717) is 22.9 Å². The molecule has 0 aromatic rings. The van der Waals surface area contributed by atoms with Crippen LogP contribution in [0, 0.1) is 28.1 Å². The second-order valence-electron chi connectivity index (χ2n) is 7.17. The van der Waals surface area contributed by atoms with Crippen LogP contribution in [0.3, 0.4) is 0 Å². The number of hydrogen-bond donors (Lipinski definition) is 1. The van der Waals surface area contributed by atoms with Crippen LogP contribution in [0.5, 0.6) is 0 Å². The molecule has 0 radical (unpaired) electrons. The normalized spacial score (nSPS) is 68.1. The molecule has 0 aromatic heterocycles. The highest BCUT2D eigenvalue weighted by atomic mass is 16.3. The average Bonchev–Trinajstić information content (AvgIpc) is 2.40. The van der Waals surface area contributed by atoms with Gasteiger partial charge in [0.25, 0.3) is 0 Å². The molecule has 1 spiro atoms. The first-order valence-corrected chi connectivity index (χ1v) is 6.22. The van der Waals surface area contributed by atoms with Gasteiger partial charge in [0, 0.05) is 12.0 Å². The van der Waals surface area contributed by atoms with Crippen molar-refractivity contribution in [2.75, 3.05) is 6.61 Å². The zero-order valence-electron chi connectivity index (χ0n) is 9.05. The molecule has 1 heteroatoms. The first-order chi connectivity index (χ1) is 6.62. The molecule has 4 saturated carbocycles. The van der Waals surface area contributed by atoms with E-state index in [-0.39, 0.29) is 0 Å². The molecule has 14 heavy (non-hydrogen) atoms. The summed E-state index contributed by atoms with van der Waals surface area (Å²) in [4.78, 5) is 0. The summed E-state index contributed by atoms with van der Waals surface area (Å²) < 4.78 is 0. The Hall–Kier alpha value is -0.0400. The molecule has 0 aromatic carbocycles. The summed E-state index contributed by atoms with van der Waals surface area (Å²) in [5.74, 6) is 2.03. The minimum absolute atomic E-state index is 0.387. The van der Waals surface area contributed by atoms with Gasteiger partial charge >= 0.3 is 0 Å². The summed E-state index contributed by atoms with van der Waals surface area (Å²) >= 11 is 0. The largest absolute Gasteiger partial charge is 0.396 e. The fraction of sp³-hybridized carbons (Fsp3) is 1.00. The molecular weight excluding hydrogens is 172 g/mol. The Labute approximate surface area is 85.9 Å². The van der Waals surface area contributed by atoms with Crippen LogP contribution < -0.4 is 0 Å². The molecule has 4 aliphatic rings.